The molecule has 0 radical (unpaired) electrons. The van der Waals surface area contributed by atoms with Gasteiger partial charge in [-0.25, -0.2) is 0 Å². The summed E-state index contributed by atoms with van der Waals surface area (Å²) in [6.45, 7) is 2.28. The molecular weight excluding hydrogens is 288 g/mol. The van der Waals surface area contributed by atoms with Gasteiger partial charge in [-0.2, -0.15) is 13.9 Å². The molecule has 0 saturated carbocycles. The van der Waals surface area contributed by atoms with E-state index in [1.165, 1.54) is 0 Å². The van der Waals surface area contributed by atoms with Crippen LogP contribution in [-0.4, -0.2) is 14.8 Å². The minimum absolute atomic E-state index is 0.222. The molecule has 0 atom stereocenters. The maximum atomic E-state index is 14.5. The fraction of sp³-hybridized carbons (Fsp3) is 0.500. The Hall–Kier alpha value is -1.82. The van der Waals surface area contributed by atoms with Crippen LogP contribution >= 0.6 is 0 Å². The number of pyridine rings is 1. The summed E-state index contributed by atoms with van der Waals surface area (Å²) >= 11 is 0. The fourth-order valence-corrected chi connectivity index (χ4v) is 2.88. The van der Waals surface area contributed by atoms with Gasteiger partial charge >= 0.3 is 6.11 Å². The maximum Gasteiger partial charge on any atom is 0.402 e. The fourth-order valence-electron chi connectivity index (χ4n) is 2.88. The lowest BCUT2D eigenvalue weighted by atomic mass is 9.95. The molecule has 3 rings (SSSR count). The van der Waals surface area contributed by atoms with E-state index in [-0.39, 0.29) is 12.3 Å². The minimum Gasteiger partial charge on any atom is -0.309 e. The zero-order chi connectivity index (χ0) is 15.6. The van der Waals surface area contributed by atoms with Gasteiger partial charge in [0.05, 0.1) is 12.3 Å². The second-order valence-corrected chi connectivity index (χ2v) is 5.42. The molecule has 2 aromatic rings. The van der Waals surface area contributed by atoms with Crippen molar-refractivity contribution in [3.8, 4) is 0 Å². The molecule has 1 aliphatic carbocycles. The average Bonchev–Trinajstić information content (AvgIpc) is 2.94. The number of rotatable bonds is 5. The molecule has 0 aliphatic heterocycles. The summed E-state index contributed by atoms with van der Waals surface area (Å²) < 4.78 is 35.4. The second kappa shape index (κ2) is 6.12. The van der Waals surface area contributed by atoms with Crippen LogP contribution in [0.5, 0.6) is 0 Å². The standard InChI is InChI=1S/C16H19F2N3O/c1-2-21-14-9-4-3-8-13(14)15(20-21)16(17,18)22-11-12-7-5-6-10-19-12/h5-7,10H,2-4,8-9,11H2,1H3. The highest BCUT2D eigenvalue weighted by Crippen LogP contribution is 2.36. The minimum atomic E-state index is -3.39. The first-order valence-electron chi connectivity index (χ1n) is 7.62. The van der Waals surface area contributed by atoms with Crippen molar-refractivity contribution in [1.29, 1.82) is 0 Å². The van der Waals surface area contributed by atoms with E-state index in [4.69, 9.17) is 4.74 Å². The molecule has 6 heteroatoms. The summed E-state index contributed by atoms with van der Waals surface area (Å²) in [5.41, 5.74) is 1.86. The number of halogens is 2. The van der Waals surface area contributed by atoms with Crippen LogP contribution in [-0.2, 0) is 36.8 Å². The first-order valence-corrected chi connectivity index (χ1v) is 7.62. The second-order valence-electron chi connectivity index (χ2n) is 5.42. The molecule has 2 aromatic heterocycles. The van der Waals surface area contributed by atoms with Crippen molar-refractivity contribution in [2.75, 3.05) is 0 Å². The van der Waals surface area contributed by atoms with Gasteiger partial charge in [-0.05, 0) is 44.7 Å². The Morgan fingerprint density at radius 2 is 2.09 bits per heavy atom. The molecule has 2 heterocycles. The first-order chi connectivity index (χ1) is 10.6. The topological polar surface area (TPSA) is 39.9 Å². The van der Waals surface area contributed by atoms with E-state index >= 15 is 0 Å². The van der Waals surface area contributed by atoms with Crippen molar-refractivity contribution >= 4 is 0 Å². The molecule has 0 N–H and O–H groups in total. The molecule has 4 nitrogen and oxygen atoms in total. The summed E-state index contributed by atoms with van der Waals surface area (Å²) in [6, 6.07) is 5.15. The summed E-state index contributed by atoms with van der Waals surface area (Å²) in [5, 5.41) is 4.12. The third-order valence-electron chi connectivity index (χ3n) is 3.96. The van der Waals surface area contributed by atoms with E-state index in [0.717, 1.165) is 25.0 Å². The number of fused-ring (bicyclic) bond motifs is 1. The SMILES string of the molecule is CCn1nc(C(F)(F)OCc2ccccn2)c2c1CCCC2. The van der Waals surface area contributed by atoms with E-state index in [9.17, 15) is 8.78 Å². The van der Waals surface area contributed by atoms with Crippen LogP contribution in [0.15, 0.2) is 24.4 Å². The van der Waals surface area contributed by atoms with E-state index < -0.39 is 6.11 Å². The van der Waals surface area contributed by atoms with Gasteiger partial charge in [-0.3, -0.25) is 9.67 Å². The number of aromatic nitrogens is 3. The lowest BCUT2D eigenvalue weighted by molar-refractivity contribution is -0.259. The predicted octanol–water partition coefficient (Wildman–Crippen LogP) is 3.44. The highest BCUT2D eigenvalue weighted by atomic mass is 19.3. The molecule has 0 spiro atoms. The third-order valence-corrected chi connectivity index (χ3v) is 3.96. The molecule has 0 aromatic carbocycles. The Morgan fingerprint density at radius 1 is 1.27 bits per heavy atom. The summed E-state index contributed by atoms with van der Waals surface area (Å²) in [6.07, 6.45) is 1.58. The average molecular weight is 307 g/mol. The molecule has 1 aliphatic rings. The van der Waals surface area contributed by atoms with E-state index in [1.54, 1.807) is 29.1 Å². The molecule has 0 unspecified atom stereocenters. The van der Waals surface area contributed by atoms with Gasteiger partial charge in [-0.1, -0.05) is 6.07 Å². The maximum absolute atomic E-state index is 14.5. The molecule has 0 bridgehead atoms. The number of hydrogen-bond donors (Lipinski definition) is 0. The summed E-state index contributed by atoms with van der Waals surface area (Å²) in [4.78, 5) is 4.00. The van der Waals surface area contributed by atoms with Gasteiger partial charge in [0.15, 0.2) is 5.69 Å². The molecular formula is C16H19F2N3O. The third kappa shape index (κ3) is 2.88. The normalized spacial score (nSPS) is 14.9. The highest BCUT2D eigenvalue weighted by Gasteiger charge is 2.40. The zero-order valence-corrected chi connectivity index (χ0v) is 12.6. The Morgan fingerprint density at radius 3 is 2.82 bits per heavy atom. The van der Waals surface area contributed by atoms with Crippen LogP contribution in [0.1, 0.15) is 42.4 Å². The van der Waals surface area contributed by atoms with Gasteiger partial charge < -0.3 is 4.74 Å². The molecule has 118 valence electrons. The van der Waals surface area contributed by atoms with Gasteiger partial charge in [0, 0.05) is 24.0 Å². The van der Waals surface area contributed by atoms with Crippen LogP contribution < -0.4 is 0 Å². The molecule has 22 heavy (non-hydrogen) atoms. The van der Waals surface area contributed by atoms with Crippen LogP contribution in [0.2, 0.25) is 0 Å². The van der Waals surface area contributed by atoms with Gasteiger partial charge in [0.25, 0.3) is 0 Å². The Bertz CT molecular complexity index is 640. The molecule has 0 amide bonds. The van der Waals surface area contributed by atoms with Gasteiger partial charge in [0.2, 0.25) is 0 Å². The number of aryl methyl sites for hydroxylation is 1. The van der Waals surface area contributed by atoms with Gasteiger partial charge in [0.1, 0.15) is 0 Å². The monoisotopic (exact) mass is 307 g/mol. The van der Waals surface area contributed by atoms with Gasteiger partial charge in [-0.15, -0.1) is 0 Å². The quantitative estimate of drug-likeness (QED) is 0.849. The number of ether oxygens (including phenoxy) is 1. The predicted molar refractivity (Wildman–Crippen MR) is 77.5 cm³/mol. The summed E-state index contributed by atoms with van der Waals surface area (Å²) in [7, 11) is 0. The Labute approximate surface area is 128 Å². The Kier molecular flexibility index (Phi) is 4.20. The smallest absolute Gasteiger partial charge is 0.309 e. The van der Waals surface area contributed by atoms with Crippen LogP contribution in [0.25, 0.3) is 0 Å². The van der Waals surface area contributed by atoms with Crippen molar-refractivity contribution in [3.63, 3.8) is 0 Å². The highest BCUT2D eigenvalue weighted by molar-refractivity contribution is 5.30. The van der Waals surface area contributed by atoms with Crippen molar-refractivity contribution in [3.05, 3.63) is 47.0 Å². The zero-order valence-electron chi connectivity index (χ0n) is 12.6. The van der Waals surface area contributed by atoms with Crippen molar-refractivity contribution in [2.24, 2.45) is 0 Å². The van der Waals surface area contributed by atoms with Crippen molar-refractivity contribution in [1.82, 2.24) is 14.8 Å². The van der Waals surface area contributed by atoms with Crippen LogP contribution in [0, 0.1) is 0 Å². The van der Waals surface area contributed by atoms with E-state index in [1.807, 2.05) is 6.92 Å². The summed E-state index contributed by atoms with van der Waals surface area (Å²) in [5.74, 6) is 0. The lowest BCUT2D eigenvalue weighted by Gasteiger charge is -2.18. The number of hydrogen-bond acceptors (Lipinski definition) is 3. The number of alkyl halides is 2. The van der Waals surface area contributed by atoms with Crippen molar-refractivity contribution < 1.29 is 13.5 Å². The number of nitrogens with zero attached hydrogens (tertiary/aromatic N) is 3. The van der Waals surface area contributed by atoms with Crippen LogP contribution in [0.4, 0.5) is 8.78 Å². The lowest BCUT2D eigenvalue weighted by Crippen LogP contribution is -2.21. The Balaban J connectivity index is 1.84. The van der Waals surface area contributed by atoms with Crippen LogP contribution in [0.3, 0.4) is 0 Å². The van der Waals surface area contributed by atoms with Crippen molar-refractivity contribution in [2.45, 2.75) is 51.9 Å². The van der Waals surface area contributed by atoms with E-state index in [2.05, 4.69) is 10.1 Å². The van der Waals surface area contributed by atoms with E-state index in [0.29, 0.717) is 24.2 Å². The molecule has 0 fully saturated rings. The largest absolute Gasteiger partial charge is 0.402 e. The first kappa shape index (κ1) is 15.1. The molecule has 0 saturated heterocycles.